The number of halogens is 1. The lowest BCUT2D eigenvalue weighted by molar-refractivity contribution is 0.0925. The van der Waals surface area contributed by atoms with Crippen LogP contribution in [0.4, 0.5) is 0 Å². The van der Waals surface area contributed by atoms with Gasteiger partial charge in [-0.05, 0) is 31.5 Å². The maximum atomic E-state index is 11.9. The van der Waals surface area contributed by atoms with Crippen molar-refractivity contribution in [2.75, 3.05) is 27.2 Å². The summed E-state index contributed by atoms with van der Waals surface area (Å²) >= 11 is 7.52. The lowest BCUT2D eigenvalue weighted by Gasteiger charge is -2.21. The molecule has 2 aromatic heterocycles. The summed E-state index contributed by atoms with van der Waals surface area (Å²) in [4.78, 5) is 19.4. The fourth-order valence-corrected chi connectivity index (χ4v) is 3.45. The zero-order chi connectivity index (χ0) is 18.2. The minimum atomic E-state index is -0.182. The van der Waals surface area contributed by atoms with Gasteiger partial charge in [0.15, 0.2) is 11.7 Å². The Labute approximate surface area is 156 Å². The Bertz CT molecular complexity index is 726. The van der Waals surface area contributed by atoms with Gasteiger partial charge in [-0.2, -0.15) is 0 Å². The molecule has 0 spiro atoms. The second-order valence-corrected chi connectivity index (χ2v) is 7.38. The van der Waals surface area contributed by atoms with Crippen molar-refractivity contribution < 1.29 is 9.21 Å². The van der Waals surface area contributed by atoms with Crippen LogP contribution in [0.3, 0.4) is 0 Å². The van der Waals surface area contributed by atoms with Crippen LogP contribution in [0.5, 0.6) is 0 Å². The number of rotatable bonds is 7. The number of aryl methyl sites for hydroxylation is 1. The van der Waals surface area contributed by atoms with Gasteiger partial charge in [0.1, 0.15) is 0 Å². The summed E-state index contributed by atoms with van der Waals surface area (Å²) in [7, 11) is 3.73. The zero-order valence-electron chi connectivity index (χ0n) is 14.6. The van der Waals surface area contributed by atoms with Crippen molar-refractivity contribution in [2.24, 2.45) is 4.99 Å². The number of nitrogens with one attached hydrogen (secondary N) is 2. The van der Waals surface area contributed by atoms with Gasteiger partial charge in [0.05, 0.1) is 17.1 Å². The van der Waals surface area contributed by atoms with Crippen LogP contribution in [-0.2, 0) is 6.54 Å². The van der Waals surface area contributed by atoms with Crippen LogP contribution in [0.1, 0.15) is 27.4 Å². The number of thiophene rings is 1. The van der Waals surface area contributed by atoms with Crippen molar-refractivity contribution in [3.63, 3.8) is 0 Å². The molecule has 0 unspecified atom stereocenters. The van der Waals surface area contributed by atoms with E-state index in [1.54, 1.807) is 24.5 Å². The van der Waals surface area contributed by atoms with Gasteiger partial charge in [-0.25, -0.2) is 0 Å². The van der Waals surface area contributed by atoms with Crippen molar-refractivity contribution in [3.05, 3.63) is 45.0 Å². The van der Waals surface area contributed by atoms with Crippen LogP contribution >= 0.6 is 22.9 Å². The van der Waals surface area contributed by atoms with Gasteiger partial charge in [-0.1, -0.05) is 11.6 Å². The fraction of sp³-hybridized carbons (Fsp3) is 0.412. The molecule has 2 N–H and O–H groups in total. The molecular weight excluding hydrogens is 360 g/mol. The summed E-state index contributed by atoms with van der Waals surface area (Å²) in [5, 5.41) is 6.14. The van der Waals surface area contributed by atoms with Crippen LogP contribution < -0.4 is 10.6 Å². The number of carbonyl (C=O) groups is 1. The number of amides is 1. The first-order chi connectivity index (χ1) is 12.0. The maximum absolute atomic E-state index is 11.9. The Morgan fingerprint density at radius 2 is 2.08 bits per heavy atom. The molecular formula is C17H23ClN4O2S. The predicted octanol–water partition coefficient (Wildman–Crippen LogP) is 3.13. The highest BCUT2D eigenvalue weighted by atomic mass is 35.5. The van der Waals surface area contributed by atoms with E-state index in [1.807, 2.05) is 31.0 Å². The monoisotopic (exact) mass is 382 g/mol. The molecule has 0 fully saturated rings. The first-order valence-electron chi connectivity index (χ1n) is 7.99. The molecule has 25 heavy (non-hydrogen) atoms. The quantitative estimate of drug-likeness (QED) is 0.438. The molecule has 0 aromatic carbocycles. The highest BCUT2D eigenvalue weighted by Crippen LogP contribution is 2.22. The van der Waals surface area contributed by atoms with Gasteiger partial charge in [0.25, 0.3) is 5.91 Å². The minimum absolute atomic E-state index is 0.182. The SMILES string of the molecule is CN=C(NCCCNC(=O)c1occc1C)N(C)Cc1ccc(Cl)s1. The minimum Gasteiger partial charge on any atom is -0.459 e. The van der Waals surface area contributed by atoms with Crippen molar-refractivity contribution >= 4 is 34.8 Å². The third-order valence-electron chi connectivity index (χ3n) is 3.59. The molecule has 1 amide bonds. The molecule has 2 aromatic rings. The Morgan fingerprint density at radius 1 is 1.32 bits per heavy atom. The van der Waals surface area contributed by atoms with E-state index in [4.69, 9.17) is 16.0 Å². The number of nitrogens with zero attached hydrogens (tertiary/aromatic N) is 2. The van der Waals surface area contributed by atoms with Gasteiger partial charge in [-0.15, -0.1) is 11.3 Å². The second-order valence-electron chi connectivity index (χ2n) is 5.58. The summed E-state index contributed by atoms with van der Waals surface area (Å²) < 4.78 is 5.95. The predicted molar refractivity (Wildman–Crippen MR) is 103 cm³/mol. The molecule has 0 aliphatic heterocycles. The molecule has 0 saturated carbocycles. The van der Waals surface area contributed by atoms with E-state index in [2.05, 4.69) is 15.6 Å². The van der Waals surface area contributed by atoms with Gasteiger partial charge < -0.3 is 20.0 Å². The molecule has 8 heteroatoms. The zero-order valence-corrected chi connectivity index (χ0v) is 16.2. The van der Waals surface area contributed by atoms with Crippen LogP contribution in [-0.4, -0.2) is 44.0 Å². The molecule has 0 bridgehead atoms. The largest absolute Gasteiger partial charge is 0.459 e. The van der Waals surface area contributed by atoms with Gasteiger partial charge in [0.2, 0.25) is 0 Å². The van der Waals surface area contributed by atoms with Crippen molar-refractivity contribution in [3.8, 4) is 0 Å². The lowest BCUT2D eigenvalue weighted by Crippen LogP contribution is -2.39. The lowest BCUT2D eigenvalue weighted by atomic mass is 10.2. The molecule has 0 atom stereocenters. The molecule has 6 nitrogen and oxygen atoms in total. The first-order valence-corrected chi connectivity index (χ1v) is 9.19. The van der Waals surface area contributed by atoms with Crippen molar-refractivity contribution in [1.29, 1.82) is 0 Å². The number of hydrogen-bond donors (Lipinski definition) is 2. The summed E-state index contributed by atoms with van der Waals surface area (Å²) in [5.41, 5.74) is 0.839. The summed E-state index contributed by atoms with van der Waals surface area (Å²) in [6.07, 6.45) is 2.30. The summed E-state index contributed by atoms with van der Waals surface area (Å²) in [6.45, 7) is 3.86. The number of carbonyl (C=O) groups excluding carboxylic acids is 1. The Balaban J connectivity index is 1.68. The number of guanidine groups is 1. The highest BCUT2D eigenvalue weighted by Gasteiger charge is 2.12. The van der Waals surface area contributed by atoms with E-state index in [9.17, 15) is 4.79 Å². The Kier molecular flexibility index (Phi) is 7.33. The molecule has 0 radical (unpaired) electrons. The van der Waals surface area contributed by atoms with Crippen molar-refractivity contribution in [1.82, 2.24) is 15.5 Å². The summed E-state index contributed by atoms with van der Waals surface area (Å²) in [5.74, 6) is 0.995. The van der Waals surface area contributed by atoms with Crippen LogP contribution in [0.2, 0.25) is 4.34 Å². The first kappa shape index (κ1) is 19.3. The van der Waals surface area contributed by atoms with Crippen molar-refractivity contribution in [2.45, 2.75) is 19.9 Å². The normalized spacial score (nSPS) is 11.4. The average Bonchev–Trinajstić information content (AvgIpc) is 3.18. The summed E-state index contributed by atoms with van der Waals surface area (Å²) in [6, 6.07) is 5.69. The van der Waals surface area contributed by atoms with Crippen LogP contribution in [0.15, 0.2) is 33.9 Å². The second kappa shape index (κ2) is 9.48. The highest BCUT2D eigenvalue weighted by molar-refractivity contribution is 7.16. The fourth-order valence-electron chi connectivity index (χ4n) is 2.31. The van der Waals surface area contributed by atoms with Gasteiger partial charge in [0, 0.05) is 37.6 Å². The molecule has 2 rings (SSSR count). The third-order valence-corrected chi connectivity index (χ3v) is 4.80. The molecule has 136 valence electrons. The number of furan rings is 1. The maximum Gasteiger partial charge on any atom is 0.287 e. The van der Waals surface area contributed by atoms with E-state index in [0.717, 1.165) is 28.8 Å². The van der Waals surface area contributed by atoms with Gasteiger partial charge >= 0.3 is 0 Å². The van der Waals surface area contributed by atoms with Crippen LogP contribution in [0.25, 0.3) is 0 Å². The number of hydrogen-bond acceptors (Lipinski definition) is 4. The molecule has 2 heterocycles. The smallest absolute Gasteiger partial charge is 0.287 e. The average molecular weight is 383 g/mol. The molecule has 0 aliphatic carbocycles. The van der Waals surface area contributed by atoms with Gasteiger partial charge in [-0.3, -0.25) is 9.79 Å². The standard InChI is InChI=1S/C17H23ClN4O2S/c1-12-7-10-24-15(12)16(23)20-8-4-9-21-17(19-2)22(3)11-13-5-6-14(18)25-13/h5-7,10H,4,8-9,11H2,1-3H3,(H,19,21)(H,20,23). The van der Waals surface area contributed by atoms with E-state index in [-0.39, 0.29) is 5.91 Å². The Hall–Kier alpha value is -1.99. The van der Waals surface area contributed by atoms with E-state index in [0.29, 0.717) is 18.8 Å². The molecule has 0 saturated heterocycles. The third kappa shape index (κ3) is 5.79. The van der Waals surface area contributed by atoms with E-state index >= 15 is 0 Å². The van der Waals surface area contributed by atoms with Crippen LogP contribution in [0, 0.1) is 6.92 Å². The Morgan fingerprint density at radius 3 is 2.68 bits per heavy atom. The number of aliphatic imine (C=N–C) groups is 1. The molecule has 0 aliphatic rings. The van der Waals surface area contributed by atoms with E-state index in [1.165, 1.54) is 11.1 Å². The van der Waals surface area contributed by atoms with E-state index < -0.39 is 0 Å². The topological polar surface area (TPSA) is 69.9 Å².